The lowest BCUT2D eigenvalue weighted by Gasteiger charge is -2.25. The molecule has 0 radical (unpaired) electrons. The SMILES string of the molecule is Cc1ccc(Cl)c(NC(=O)C(C(=O)C(C)(C)C)n2cnc3c(C)ncnc32)c1. The lowest BCUT2D eigenvalue weighted by Crippen LogP contribution is -2.38. The van der Waals surface area contributed by atoms with Crippen LogP contribution in [0.4, 0.5) is 5.69 Å². The molecule has 7 nitrogen and oxygen atoms in total. The predicted molar refractivity (Wildman–Crippen MR) is 108 cm³/mol. The third-order valence-electron chi connectivity index (χ3n) is 4.44. The van der Waals surface area contributed by atoms with E-state index in [0.29, 0.717) is 27.6 Å². The maximum atomic E-state index is 13.2. The lowest BCUT2D eigenvalue weighted by atomic mass is 9.86. The molecule has 2 heterocycles. The monoisotopic (exact) mass is 399 g/mol. The van der Waals surface area contributed by atoms with Crippen molar-refractivity contribution in [1.82, 2.24) is 19.5 Å². The number of benzene rings is 1. The van der Waals surface area contributed by atoms with Crippen LogP contribution in [0.25, 0.3) is 11.2 Å². The summed E-state index contributed by atoms with van der Waals surface area (Å²) >= 11 is 6.22. The number of fused-ring (bicyclic) bond motifs is 1. The molecule has 28 heavy (non-hydrogen) atoms. The van der Waals surface area contributed by atoms with Gasteiger partial charge >= 0.3 is 0 Å². The minimum atomic E-state index is -1.14. The number of ketones is 1. The Kier molecular flexibility index (Phi) is 5.21. The molecule has 2 aromatic heterocycles. The Morgan fingerprint density at radius 3 is 2.54 bits per heavy atom. The Hall–Kier alpha value is -2.80. The number of amides is 1. The average Bonchev–Trinajstić information content (AvgIpc) is 3.03. The molecule has 1 unspecified atom stereocenters. The molecule has 0 spiro atoms. The van der Waals surface area contributed by atoms with Crippen LogP contribution in [0.5, 0.6) is 0 Å². The number of aromatic nitrogens is 4. The van der Waals surface area contributed by atoms with Gasteiger partial charge in [-0.25, -0.2) is 15.0 Å². The predicted octanol–water partition coefficient (Wildman–Crippen LogP) is 3.89. The highest BCUT2D eigenvalue weighted by Crippen LogP contribution is 2.29. The Labute approximate surface area is 168 Å². The zero-order chi connectivity index (χ0) is 20.6. The molecule has 146 valence electrons. The van der Waals surface area contributed by atoms with Crippen molar-refractivity contribution in [2.45, 2.75) is 40.7 Å². The number of nitrogens with one attached hydrogen (secondary N) is 1. The van der Waals surface area contributed by atoms with Gasteiger partial charge in [0.15, 0.2) is 17.5 Å². The minimum Gasteiger partial charge on any atom is -0.323 e. The van der Waals surface area contributed by atoms with Crippen molar-refractivity contribution in [2.24, 2.45) is 5.41 Å². The van der Waals surface area contributed by atoms with Gasteiger partial charge in [-0.2, -0.15) is 0 Å². The molecule has 3 rings (SSSR count). The maximum absolute atomic E-state index is 13.2. The van der Waals surface area contributed by atoms with E-state index >= 15 is 0 Å². The number of halogens is 1. The first-order valence-corrected chi connectivity index (χ1v) is 9.23. The van der Waals surface area contributed by atoms with Crippen molar-refractivity contribution in [1.29, 1.82) is 0 Å². The fraction of sp³-hybridized carbons (Fsp3) is 0.350. The van der Waals surface area contributed by atoms with Gasteiger partial charge in [-0.05, 0) is 31.5 Å². The fourth-order valence-electron chi connectivity index (χ4n) is 2.88. The summed E-state index contributed by atoms with van der Waals surface area (Å²) in [5, 5.41) is 3.19. The smallest absolute Gasteiger partial charge is 0.255 e. The summed E-state index contributed by atoms with van der Waals surface area (Å²) < 4.78 is 1.50. The van der Waals surface area contributed by atoms with Gasteiger partial charge in [0.2, 0.25) is 0 Å². The molecular weight excluding hydrogens is 378 g/mol. The zero-order valence-corrected chi connectivity index (χ0v) is 17.2. The quantitative estimate of drug-likeness (QED) is 0.672. The first-order valence-electron chi connectivity index (χ1n) is 8.85. The molecule has 1 N–H and O–H groups in total. The number of carbonyl (C=O) groups excluding carboxylic acids is 2. The third kappa shape index (κ3) is 3.75. The number of anilines is 1. The molecule has 0 saturated heterocycles. The number of carbonyl (C=O) groups is 2. The Morgan fingerprint density at radius 1 is 1.14 bits per heavy atom. The largest absolute Gasteiger partial charge is 0.323 e. The van der Waals surface area contributed by atoms with Gasteiger partial charge in [-0.15, -0.1) is 0 Å². The van der Waals surface area contributed by atoms with Crippen molar-refractivity contribution in [2.75, 3.05) is 5.32 Å². The summed E-state index contributed by atoms with van der Waals surface area (Å²) in [4.78, 5) is 39.1. The summed E-state index contributed by atoms with van der Waals surface area (Å²) in [5.41, 5.74) is 2.30. The average molecular weight is 400 g/mol. The number of hydrogen-bond donors (Lipinski definition) is 1. The Morgan fingerprint density at radius 2 is 1.86 bits per heavy atom. The van der Waals surface area contributed by atoms with Crippen LogP contribution in [0.1, 0.15) is 38.1 Å². The second kappa shape index (κ2) is 7.31. The van der Waals surface area contributed by atoms with Crippen LogP contribution in [0.3, 0.4) is 0 Å². The molecule has 0 bridgehead atoms. The van der Waals surface area contributed by atoms with Crippen molar-refractivity contribution in [3.8, 4) is 0 Å². The number of imidazole rings is 1. The number of nitrogens with zero attached hydrogens (tertiary/aromatic N) is 4. The van der Waals surface area contributed by atoms with E-state index in [9.17, 15) is 9.59 Å². The second-order valence-corrected chi connectivity index (χ2v) is 8.18. The van der Waals surface area contributed by atoms with Crippen molar-refractivity contribution in [3.63, 3.8) is 0 Å². The minimum absolute atomic E-state index is 0.260. The summed E-state index contributed by atoms with van der Waals surface area (Å²) in [7, 11) is 0. The van der Waals surface area contributed by atoms with Gasteiger partial charge < -0.3 is 5.32 Å². The summed E-state index contributed by atoms with van der Waals surface area (Å²) in [5.74, 6) is -0.757. The zero-order valence-electron chi connectivity index (χ0n) is 16.4. The maximum Gasteiger partial charge on any atom is 0.255 e. The number of hydrogen-bond acceptors (Lipinski definition) is 5. The molecular formula is C20H22ClN5O2. The molecule has 0 aliphatic rings. The van der Waals surface area contributed by atoms with E-state index in [1.165, 1.54) is 17.2 Å². The van der Waals surface area contributed by atoms with E-state index in [2.05, 4.69) is 20.3 Å². The summed E-state index contributed by atoms with van der Waals surface area (Å²) in [6.07, 6.45) is 2.85. The number of rotatable bonds is 4. The highest BCUT2D eigenvalue weighted by atomic mass is 35.5. The topological polar surface area (TPSA) is 89.8 Å². The second-order valence-electron chi connectivity index (χ2n) is 7.77. The lowest BCUT2D eigenvalue weighted by molar-refractivity contribution is -0.135. The van der Waals surface area contributed by atoms with Crippen molar-refractivity contribution < 1.29 is 9.59 Å². The van der Waals surface area contributed by atoms with E-state index in [0.717, 1.165) is 5.56 Å². The number of Topliss-reactive ketones (excluding diaryl/α,β-unsaturated/α-hetero) is 1. The molecule has 8 heteroatoms. The van der Waals surface area contributed by atoms with E-state index in [1.54, 1.807) is 39.8 Å². The van der Waals surface area contributed by atoms with E-state index in [1.807, 2.05) is 13.0 Å². The standard InChI is InChI=1S/C20H22ClN5O2/c1-11-6-7-13(21)14(8-11)25-19(28)16(17(27)20(3,4)5)26-10-24-15-12(2)22-9-23-18(15)26/h6-10,16H,1-5H3,(H,25,28). The van der Waals surface area contributed by atoms with Crippen LogP contribution >= 0.6 is 11.6 Å². The van der Waals surface area contributed by atoms with Crippen LogP contribution in [-0.2, 0) is 9.59 Å². The van der Waals surface area contributed by atoms with Gasteiger partial charge in [0, 0.05) is 5.41 Å². The van der Waals surface area contributed by atoms with Crippen LogP contribution in [-0.4, -0.2) is 31.2 Å². The fourth-order valence-corrected chi connectivity index (χ4v) is 3.04. The molecule has 0 aliphatic carbocycles. The molecule has 1 aromatic carbocycles. The summed E-state index contributed by atoms with van der Waals surface area (Å²) in [6, 6.07) is 4.17. The summed E-state index contributed by atoms with van der Waals surface area (Å²) in [6.45, 7) is 9.01. The van der Waals surface area contributed by atoms with E-state index < -0.39 is 17.4 Å². The highest BCUT2D eigenvalue weighted by Gasteiger charge is 2.37. The molecule has 1 atom stereocenters. The first-order chi connectivity index (χ1) is 13.1. The Balaban J connectivity index is 2.09. The molecule has 0 fully saturated rings. The van der Waals surface area contributed by atoms with E-state index in [4.69, 9.17) is 11.6 Å². The van der Waals surface area contributed by atoms with Gasteiger partial charge in [-0.1, -0.05) is 38.4 Å². The van der Waals surface area contributed by atoms with Gasteiger partial charge in [-0.3, -0.25) is 14.2 Å². The van der Waals surface area contributed by atoms with Crippen LogP contribution in [0, 0.1) is 19.3 Å². The Bertz CT molecular complexity index is 1070. The first kappa shape index (κ1) is 19.9. The van der Waals surface area contributed by atoms with Gasteiger partial charge in [0.05, 0.1) is 22.7 Å². The van der Waals surface area contributed by atoms with Crippen molar-refractivity contribution in [3.05, 3.63) is 47.1 Å². The van der Waals surface area contributed by atoms with Gasteiger partial charge in [0.1, 0.15) is 11.8 Å². The van der Waals surface area contributed by atoms with Crippen molar-refractivity contribution >= 4 is 40.1 Å². The van der Waals surface area contributed by atoms with E-state index in [-0.39, 0.29) is 5.78 Å². The third-order valence-corrected chi connectivity index (χ3v) is 4.77. The molecule has 0 saturated carbocycles. The molecule has 0 aliphatic heterocycles. The highest BCUT2D eigenvalue weighted by molar-refractivity contribution is 6.34. The van der Waals surface area contributed by atoms with Crippen LogP contribution in [0.15, 0.2) is 30.9 Å². The van der Waals surface area contributed by atoms with Crippen LogP contribution in [0.2, 0.25) is 5.02 Å². The molecule has 1 amide bonds. The molecule has 3 aromatic rings. The normalized spacial score (nSPS) is 12.8. The van der Waals surface area contributed by atoms with Gasteiger partial charge in [0.25, 0.3) is 5.91 Å². The van der Waals surface area contributed by atoms with Crippen LogP contribution < -0.4 is 5.32 Å². The number of aryl methyl sites for hydroxylation is 2.